The van der Waals surface area contributed by atoms with Crippen molar-refractivity contribution in [2.75, 3.05) is 0 Å². The molecule has 132 valence electrons. The van der Waals surface area contributed by atoms with E-state index in [2.05, 4.69) is 0 Å². The lowest BCUT2D eigenvalue weighted by Crippen LogP contribution is -2.08. The Morgan fingerprint density at radius 1 is 0.704 bits per heavy atom. The molecule has 0 heterocycles. The number of rotatable bonds is 3. The Labute approximate surface area is 155 Å². The predicted molar refractivity (Wildman–Crippen MR) is 104 cm³/mol. The van der Waals surface area contributed by atoms with Gasteiger partial charge in [-0.3, -0.25) is 0 Å². The van der Waals surface area contributed by atoms with E-state index in [1.54, 1.807) is 42.5 Å². The molecule has 4 rings (SSSR count). The van der Waals surface area contributed by atoms with E-state index in [9.17, 15) is 15.0 Å². The fourth-order valence-electron chi connectivity index (χ4n) is 3.01. The number of benzene rings is 4. The third kappa shape index (κ3) is 3.20. The molecule has 0 saturated carbocycles. The Bertz CT molecular complexity index is 1120. The highest BCUT2D eigenvalue weighted by Gasteiger charge is 2.19. The molecule has 27 heavy (non-hydrogen) atoms. The zero-order valence-electron chi connectivity index (χ0n) is 14.3. The van der Waals surface area contributed by atoms with E-state index in [0.717, 1.165) is 11.1 Å². The summed E-state index contributed by atoms with van der Waals surface area (Å²) in [7, 11) is 0. The Kier molecular flexibility index (Phi) is 4.22. The van der Waals surface area contributed by atoms with Crippen LogP contribution in [0.1, 0.15) is 10.4 Å². The van der Waals surface area contributed by atoms with Gasteiger partial charge in [-0.05, 0) is 41.5 Å². The highest BCUT2D eigenvalue weighted by atomic mass is 16.5. The summed E-state index contributed by atoms with van der Waals surface area (Å²) in [5.41, 5.74) is 1.81. The molecule has 0 fully saturated rings. The SMILES string of the molecule is O=C(Oc1ccccc1)c1cc(O)c2cc(-c3ccccc3)ccc2c1O. The molecule has 0 aliphatic rings. The zero-order chi connectivity index (χ0) is 18.8. The summed E-state index contributed by atoms with van der Waals surface area (Å²) in [6.45, 7) is 0. The summed E-state index contributed by atoms with van der Waals surface area (Å²) in [6, 6.07) is 24.8. The molecule has 0 spiro atoms. The number of aromatic hydroxyl groups is 2. The van der Waals surface area contributed by atoms with Crippen molar-refractivity contribution in [1.29, 1.82) is 0 Å². The molecule has 2 N–H and O–H groups in total. The minimum Gasteiger partial charge on any atom is -0.507 e. The summed E-state index contributed by atoms with van der Waals surface area (Å²) < 4.78 is 5.27. The summed E-state index contributed by atoms with van der Waals surface area (Å²) in [5.74, 6) is -0.687. The molecule has 0 aliphatic heterocycles. The topological polar surface area (TPSA) is 66.8 Å². The summed E-state index contributed by atoms with van der Waals surface area (Å²) in [4.78, 5) is 12.4. The van der Waals surface area contributed by atoms with Gasteiger partial charge >= 0.3 is 5.97 Å². The average Bonchev–Trinajstić information content (AvgIpc) is 2.71. The number of phenols is 2. The molecule has 0 saturated heterocycles. The third-order valence-electron chi connectivity index (χ3n) is 4.37. The summed E-state index contributed by atoms with van der Waals surface area (Å²) >= 11 is 0. The van der Waals surface area contributed by atoms with Gasteiger partial charge in [0.05, 0.1) is 0 Å². The molecule has 0 unspecified atom stereocenters. The molecule has 4 aromatic rings. The fraction of sp³-hybridized carbons (Fsp3) is 0. The highest BCUT2D eigenvalue weighted by molar-refractivity contribution is 6.05. The van der Waals surface area contributed by atoms with Crippen LogP contribution in [-0.4, -0.2) is 16.2 Å². The van der Waals surface area contributed by atoms with Crippen molar-refractivity contribution in [3.05, 3.63) is 90.5 Å². The molecule has 4 aromatic carbocycles. The van der Waals surface area contributed by atoms with Gasteiger partial charge < -0.3 is 14.9 Å². The van der Waals surface area contributed by atoms with Gasteiger partial charge in [-0.1, -0.05) is 54.6 Å². The molecule has 0 aromatic heterocycles. The number of ether oxygens (including phenoxy) is 1. The number of esters is 1. The summed E-state index contributed by atoms with van der Waals surface area (Å²) in [5, 5.41) is 21.9. The van der Waals surface area contributed by atoms with Gasteiger partial charge in [0.2, 0.25) is 0 Å². The standard InChI is InChI=1S/C23H16O4/c24-21-14-20(23(26)27-17-9-5-2-6-10-17)22(25)18-12-11-16(13-19(18)21)15-7-3-1-4-8-15/h1-14,24-25H. The smallest absolute Gasteiger partial charge is 0.347 e. The predicted octanol–water partition coefficient (Wildman–Crippen LogP) is 5.14. The van der Waals surface area contributed by atoms with Crippen LogP contribution in [0.3, 0.4) is 0 Å². The molecular weight excluding hydrogens is 340 g/mol. The Morgan fingerprint density at radius 2 is 1.37 bits per heavy atom. The average molecular weight is 356 g/mol. The van der Waals surface area contributed by atoms with Gasteiger partial charge in [-0.15, -0.1) is 0 Å². The molecule has 4 heteroatoms. The Hall–Kier alpha value is -3.79. The van der Waals surface area contributed by atoms with E-state index in [0.29, 0.717) is 16.5 Å². The first-order valence-electron chi connectivity index (χ1n) is 8.45. The van der Waals surface area contributed by atoms with E-state index in [1.807, 2.05) is 36.4 Å². The van der Waals surface area contributed by atoms with Crippen LogP contribution < -0.4 is 4.74 Å². The number of hydrogen-bond donors (Lipinski definition) is 2. The zero-order valence-corrected chi connectivity index (χ0v) is 14.3. The quantitative estimate of drug-likeness (QED) is 0.303. The van der Waals surface area contributed by atoms with E-state index >= 15 is 0 Å². The number of carbonyl (C=O) groups is 1. The second kappa shape index (κ2) is 6.84. The van der Waals surface area contributed by atoms with Gasteiger partial charge in [0.15, 0.2) is 0 Å². The minimum absolute atomic E-state index is 0.0867. The second-order valence-corrected chi connectivity index (χ2v) is 6.12. The van der Waals surface area contributed by atoms with Crippen molar-refractivity contribution >= 4 is 16.7 Å². The monoisotopic (exact) mass is 356 g/mol. The normalized spacial score (nSPS) is 10.7. The maximum absolute atomic E-state index is 12.4. The van der Waals surface area contributed by atoms with Crippen molar-refractivity contribution in [2.45, 2.75) is 0 Å². The lowest BCUT2D eigenvalue weighted by Gasteiger charge is -2.11. The largest absolute Gasteiger partial charge is 0.507 e. The summed E-state index contributed by atoms with van der Waals surface area (Å²) in [6.07, 6.45) is 0. The molecule has 0 bridgehead atoms. The van der Waals surface area contributed by atoms with E-state index < -0.39 is 5.97 Å². The fourth-order valence-corrected chi connectivity index (χ4v) is 3.01. The lowest BCUT2D eigenvalue weighted by atomic mass is 9.98. The van der Waals surface area contributed by atoms with Gasteiger partial charge in [0.25, 0.3) is 0 Å². The van der Waals surface area contributed by atoms with Crippen LogP contribution in [0.25, 0.3) is 21.9 Å². The van der Waals surface area contributed by atoms with Crippen LogP contribution in [0.5, 0.6) is 17.2 Å². The molecular formula is C23H16O4. The Morgan fingerprint density at radius 3 is 2.07 bits per heavy atom. The van der Waals surface area contributed by atoms with Gasteiger partial charge in [-0.25, -0.2) is 4.79 Å². The van der Waals surface area contributed by atoms with Gasteiger partial charge in [-0.2, -0.15) is 0 Å². The van der Waals surface area contributed by atoms with Gasteiger partial charge in [0, 0.05) is 10.8 Å². The van der Waals surface area contributed by atoms with Crippen LogP contribution in [0, 0.1) is 0 Å². The maximum Gasteiger partial charge on any atom is 0.347 e. The molecule has 0 amide bonds. The van der Waals surface area contributed by atoms with Crippen LogP contribution in [-0.2, 0) is 0 Å². The van der Waals surface area contributed by atoms with Crippen molar-refractivity contribution in [3.63, 3.8) is 0 Å². The molecule has 0 atom stereocenters. The first kappa shape index (κ1) is 16.7. The van der Waals surface area contributed by atoms with Crippen molar-refractivity contribution < 1.29 is 19.7 Å². The van der Waals surface area contributed by atoms with Gasteiger partial charge in [0.1, 0.15) is 22.8 Å². The molecule has 0 radical (unpaired) electrons. The van der Waals surface area contributed by atoms with Crippen LogP contribution in [0.2, 0.25) is 0 Å². The number of fused-ring (bicyclic) bond motifs is 1. The van der Waals surface area contributed by atoms with Crippen molar-refractivity contribution in [1.82, 2.24) is 0 Å². The van der Waals surface area contributed by atoms with E-state index in [1.165, 1.54) is 6.07 Å². The van der Waals surface area contributed by atoms with E-state index in [4.69, 9.17) is 4.74 Å². The maximum atomic E-state index is 12.4. The second-order valence-electron chi connectivity index (χ2n) is 6.12. The Balaban J connectivity index is 1.76. The number of para-hydroxylation sites is 1. The van der Waals surface area contributed by atoms with Crippen molar-refractivity contribution in [3.8, 4) is 28.4 Å². The van der Waals surface area contributed by atoms with Crippen LogP contribution in [0.15, 0.2) is 84.9 Å². The molecule has 4 nitrogen and oxygen atoms in total. The minimum atomic E-state index is -0.733. The number of phenolic OH excluding ortho intramolecular Hbond substituents is 2. The third-order valence-corrected chi connectivity index (χ3v) is 4.37. The van der Waals surface area contributed by atoms with Crippen LogP contribution >= 0.6 is 0 Å². The van der Waals surface area contributed by atoms with Crippen molar-refractivity contribution in [2.24, 2.45) is 0 Å². The molecule has 0 aliphatic carbocycles. The lowest BCUT2D eigenvalue weighted by molar-refractivity contribution is 0.0731. The number of carbonyl (C=O) groups excluding carboxylic acids is 1. The van der Waals surface area contributed by atoms with E-state index in [-0.39, 0.29) is 17.1 Å². The first-order chi connectivity index (χ1) is 13.1. The highest BCUT2D eigenvalue weighted by Crippen LogP contribution is 2.38. The number of hydrogen-bond acceptors (Lipinski definition) is 4. The first-order valence-corrected chi connectivity index (χ1v) is 8.45. The van der Waals surface area contributed by atoms with Crippen LogP contribution in [0.4, 0.5) is 0 Å².